The lowest BCUT2D eigenvalue weighted by Crippen LogP contribution is -2.38. The van der Waals surface area contributed by atoms with Gasteiger partial charge in [0.1, 0.15) is 0 Å². The van der Waals surface area contributed by atoms with Gasteiger partial charge < -0.3 is 15.5 Å². The predicted molar refractivity (Wildman–Crippen MR) is 153 cm³/mol. The summed E-state index contributed by atoms with van der Waals surface area (Å²) in [5, 5.41) is 6.85. The summed E-state index contributed by atoms with van der Waals surface area (Å²) in [5.41, 5.74) is 4.74. The Morgan fingerprint density at radius 2 is 1.62 bits per heavy atom. The van der Waals surface area contributed by atoms with E-state index in [0.29, 0.717) is 40.8 Å². The molecular weight excluding hydrogens is 508 g/mol. The third kappa shape index (κ3) is 6.15. The molecule has 0 aromatic heterocycles. The highest BCUT2D eigenvalue weighted by atomic mass is 35.5. The van der Waals surface area contributed by atoms with Gasteiger partial charge in [0.05, 0.1) is 28.9 Å². The number of nitrogens with one attached hydrogen (secondary N) is 2. The number of hydrogen-bond donors (Lipinski definition) is 2. The second-order valence-electron chi connectivity index (χ2n) is 8.79. The number of benzene rings is 3. The number of fused-ring (bicyclic) bond motifs is 1. The monoisotopic (exact) mass is 538 g/mol. The van der Waals surface area contributed by atoms with E-state index in [1.165, 1.54) is 10.6 Å². The molecule has 1 amide bonds. The zero-order valence-electron chi connectivity index (χ0n) is 21.2. The molecule has 9 heteroatoms. The maximum absolute atomic E-state index is 13.0. The van der Waals surface area contributed by atoms with Crippen molar-refractivity contribution < 1.29 is 13.2 Å². The summed E-state index contributed by atoms with van der Waals surface area (Å²) in [7, 11) is -3.45. The summed E-state index contributed by atoms with van der Waals surface area (Å²) in [4.78, 5) is 15.2. The number of nitrogens with zero attached hydrogens (tertiary/aromatic N) is 2. The number of amides is 1. The van der Waals surface area contributed by atoms with Gasteiger partial charge in [-0.1, -0.05) is 61.8 Å². The van der Waals surface area contributed by atoms with Crippen molar-refractivity contribution in [2.24, 2.45) is 0 Å². The van der Waals surface area contributed by atoms with Crippen molar-refractivity contribution in [1.29, 1.82) is 0 Å². The summed E-state index contributed by atoms with van der Waals surface area (Å²) in [6.07, 6.45) is 1.22. The Kier molecular flexibility index (Phi) is 8.22. The van der Waals surface area contributed by atoms with Crippen molar-refractivity contribution in [3.63, 3.8) is 0 Å². The topological polar surface area (TPSA) is 81.8 Å². The van der Waals surface area contributed by atoms with Gasteiger partial charge in [0.25, 0.3) is 5.91 Å². The van der Waals surface area contributed by atoms with Crippen molar-refractivity contribution >= 4 is 55.9 Å². The van der Waals surface area contributed by atoms with Crippen LogP contribution in [0.3, 0.4) is 0 Å². The van der Waals surface area contributed by atoms with Crippen molar-refractivity contribution in [3.8, 4) is 0 Å². The lowest BCUT2D eigenvalue weighted by Gasteiger charge is -2.26. The molecule has 0 atom stereocenters. The molecule has 4 rings (SSSR count). The maximum atomic E-state index is 13.0. The Labute approximate surface area is 223 Å². The molecule has 0 fully saturated rings. The minimum atomic E-state index is -3.45. The van der Waals surface area contributed by atoms with Gasteiger partial charge in [0.2, 0.25) is 10.0 Å². The molecule has 0 saturated heterocycles. The highest BCUT2D eigenvalue weighted by molar-refractivity contribution is 7.92. The molecule has 1 heterocycles. The van der Waals surface area contributed by atoms with Crippen LogP contribution in [0.2, 0.25) is 5.02 Å². The van der Waals surface area contributed by atoms with Gasteiger partial charge >= 0.3 is 0 Å². The van der Waals surface area contributed by atoms with Crippen LogP contribution in [0.5, 0.6) is 0 Å². The molecule has 0 aliphatic carbocycles. The van der Waals surface area contributed by atoms with E-state index in [4.69, 9.17) is 11.6 Å². The van der Waals surface area contributed by atoms with E-state index in [9.17, 15) is 13.2 Å². The van der Waals surface area contributed by atoms with Gasteiger partial charge in [-0.3, -0.25) is 9.10 Å². The van der Waals surface area contributed by atoms with Crippen LogP contribution in [-0.2, 0) is 14.8 Å². The lowest BCUT2D eigenvalue weighted by molar-refractivity contribution is -0.110. The minimum Gasteiger partial charge on any atom is -0.354 e. The molecule has 3 aromatic carbocycles. The number of hydrogen-bond acceptors (Lipinski definition) is 5. The Morgan fingerprint density at radius 3 is 2.24 bits per heavy atom. The summed E-state index contributed by atoms with van der Waals surface area (Å²) in [5.74, 6) is -0.222. The first kappa shape index (κ1) is 26.7. The normalized spacial score (nSPS) is 14.4. The van der Waals surface area contributed by atoms with Crippen LogP contribution in [0.25, 0.3) is 11.3 Å². The summed E-state index contributed by atoms with van der Waals surface area (Å²) < 4.78 is 26.5. The van der Waals surface area contributed by atoms with Gasteiger partial charge in [0.15, 0.2) is 0 Å². The van der Waals surface area contributed by atoms with Gasteiger partial charge in [-0.25, -0.2) is 8.42 Å². The predicted octanol–water partition coefficient (Wildman–Crippen LogP) is 5.38. The zero-order valence-corrected chi connectivity index (χ0v) is 22.7. The van der Waals surface area contributed by atoms with Crippen LogP contribution < -0.4 is 14.9 Å². The van der Waals surface area contributed by atoms with Crippen LogP contribution in [0.4, 0.5) is 17.1 Å². The average Bonchev–Trinajstić information content (AvgIpc) is 3.20. The number of sulfonamides is 1. The van der Waals surface area contributed by atoms with E-state index < -0.39 is 10.0 Å². The molecule has 1 aliphatic rings. The Bertz CT molecular complexity index is 1400. The number of rotatable bonds is 10. The first-order valence-corrected chi connectivity index (χ1v) is 14.4. The molecule has 0 bridgehead atoms. The van der Waals surface area contributed by atoms with Crippen LogP contribution in [0.15, 0.2) is 72.8 Å². The molecule has 194 valence electrons. The molecule has 37 heavy (non-hydrogen) atoms. The molecule has 7 nitrogen and oxygen atoms in total. The van der Waals surface area contributed by atoms with E-state index in [1.54, 1.807) is 24.3 Å². The van der Waals surface area contributed by atoms with Gasteiger partial charge in [0, 0.05) is 29.4 Å². The Hall–Kier alpha value is -3.33. The van der Waals surface area contributed by atoms with Crippen LogP contribution >= 0.6 is 11.6 Å². The number of carbonyl (C=O) groups is 1. The third-order valence-electron chi connectivity index (χ3n) is 6.38. The Balaban J connectivity index is 1.68. The summed E-state index contributed by atoms with van der Waals surface area (Å²) in [6, 6.07) is 22.1. The third-order valence-corrected chi connectivity index (χ3v) is 7.81. The van der Waals surface area contributed by atoms with Crippen LogP contribution in [0.1, 0.15) is 25.0 Å². The maximum Gasteiger partial charge on any atom is 0.258 e. The highest BCUT2D eigenvalue weighted by Gasteiger charge is 2.28. The van der Waals surface area contributed by atoms with E-state index in [1.807, 2.05) is 48.5 Å². The Morgan fingerprint density at radius 1 is 0.946 bits per heavy atom. The molecule has 0 unspecified atom stereocenters. The van der Waals surface area contributed by atoms with Crippen molar-refractivity contribution in [3.05, 3.63) is 88.9 Å². The van der Waals surface area contributed by atoms with Crippen LogP contribution in [-0.4, -0.2) is 51.7 Å². The van der Waals surface area contributed by atoms with Gasteiger partial charge in [-0.05, 0) is 55.1 Å². The average molecular weight is 539 g/mol. The number of halogens is 1. The molecule has 2 N–H and O–H groups in total. The number of anilines is 3. The molecule has 1 aliphatic heterocycles. The molecule has 3 aromatic rings. The zero-order chi connectivity index (χ0) is 26.6. The van der Waals surface area contributed by atoms with E-state index in [2.05, 4.69) is 29.4 Å². The standard InChI is InChI=1S/C28H31ClN4O3S/c1-4-32(5-2)17-18-33(37(3,35)36)23-14-12-22(13-15-23)30-27(20-9-7-6-8-10-20)26-24-16-11-21(29)19-25(24)31-28(26)34/h6-16,19,30H,4-5,17-18H2,1-3H3,(H,31,34)/b27-26-. The van der Waals surface area contributed by atoms with Gasteiger partial charge in [-0.2, -0.15) is 0 Å². The lowest BCUT2D eigenvalue weighted by atomic mass is 10.00. The highest BCUT2D eigenvalue weighted by Crippen LogP contribution is 2.38. The fourth-order valence-electron chi connectivity index (χ4n) is 4.39. The second kappa shape index (κ2) is 11.4. The van der Waals surface area contributed by atoms with E-state index >= 15 is 0 Å². The van der Waals surface area contributed by atoms with Crippen molar-refractivity contribution in [2.75, 3.05) is 47.4 Å². The summed E-state index contributed by atoms with van der Waals surface area (Å²) in [6.45, 7) is 6.85. The second-order valence-corrected chi connectivity index (χ2v) is 11.1. The largest absolute Gasteiger partial charge is 0.354 e. The SMILES string of the molecule is CCN(CC)CCN(c1ccc(N/C(=C2\C(=O)Nc3cc(Cl)ccc32)c2ccccc2)cc1)S(C)(=O)=O. The molecule has 0 spiro atoms. The smallest absolute Gasteiger partial charge is 0.258 e. The van der Waals surface area contributed by atoms with E-state index in [0.717, 1.165) is 29.9 Å². The quantitative estimate of drug-likeness (QED) is 0.339. The molecule has 0 radical (unpaired) electrons. The van der Waals surface area contributed by atoms with Crippen molar-refractivity contribution in [1.82, 2.24) is 4.90 Å². The van der Waals surface area contributed by atoms with Crippen molar-refractivity contribution in [2.45, 2.75) is 13.8 Å². The van der Waals surface area contributed by atoms with E-state index in [-0.39, 0.29) is 5.91 Å². The first-order valence-electron chi connectivity index (χ1n) is 12.2. The summed E-state index contributed by atoms with van der Waals surface area (Å²) >= 11 is 6.14. The van der Waals surface area contributed by atoms with Gasteiger partial charge in [-0.15, -0.1) is 0 Å². The number of carbonyl (C=O) groups excluding carboxylic acids is 1. The molecule has 0 saturated carbocycles. The van der Waals surface area contributed by atoms with Crippen LogP contribution in [0, 0.1) is 0 Å². The number of likely N-dealkylation sites (N-methyl/N-ethyl adjacent to an activating group) is 1. The minimum absolute atomic E-state index is 0.222. The fourth-order valence-corrected chi connectivity index (χ4v) is 5.48. The fraction of sp³-hybridized carbons (Fsp3) is 0.250. The first-order chi connectivity index (χ1) is 17.7. The molecular formula is C28H31ClN4O3S.